The van der Waals surface area contributed by atoms with E-state index >= 15 is 0 Å². The van der Waals surface area contributed by atoms with Gasteiger partial charge < -0.3 is 10.1 Å². The molecule has 21 heavy (non-hydrogen) atoms. The maximum absolute atomic E-state index is 5.57. The van der Waals surface area contributed by atoms with Crippen LogP contribution in [0.25, 0.3) is 0 Å². The summed E-state index contributed by atoms with van der Waals surface area (Å²) in [7, 11) is 0. The summed E-state index contributed by atoms with van der Waals surface area (Å²) >= 11 is 0. The van der Waals surface area contributed by atoms with Crippen LogP contribution < -0.4 is 5.32 Å². The molecule has 2 atom stereocenters. The lowest BCUT2D eigenvalue weighted by atomic mass is 9.93. The Morgan fingerprint density at radius 3 is 2.14 bits per heavy atom. The number of ether oxygens (including phenoxy) is 1. The van der Waals surface area contributed by atoms with E-state index in [9.17, 15) is 0 Å². The third kappa shape index (κ3) is 9.52. The van der Waals surface area contributed by atoms with Crippen molar-refractivity contribution in [3.05, 3.63) is 0 Å². The predicted molar refractivity (Wildman–Crippen MR) is 92.9 cm³/mol. The molecule has 1 heterocycles. The van der Waals surface area contributed by atoms with E-state index in [-0.39, 0.29) is 0 Å². The van der Waals surface area contributed by atoms with Crippen LogP contribution in [0.5, 0.6) is 0 Å². The Morgan fingerprint density at radius 1 is 0.905 bits per heavy atom. The Labute approximate surface area is 133 Å². The second-order valence-corrected chi connectivity index (χ2v) is 6.80. The number of hydrogen-bond donors (Lipinski definition) is 1. The van der Waals surface area contributed by atoms with Gasteiger partial charge in [0.25, 0.3) is 0 Å². The van der Waals surface area contributed by atoms with Gasteiger partial charge in [-0.3, -0.25) is 0 Å². The highest BCUT2D eigenvalue weighted by Gasteiger charge is 2.24. The largest absolute Gasteiger partial charge is 0.381 e. The maximum atomic E-state index is 5.57. The Bertz CT molecular complexity index is 214. The smallest absolute Gasteiger partial charge is 0.0510 e. The van der Waals surface area contributed by atoms with Gasteiger partial charge in [-0.1, -0.05) is 71.6 Å². The molecule has 1 fully saturated rings. The fraction of sp³-hybridized carbons (Fsp3) is 1.00. The van der Waals surface area contributed by atoms with Crippen molar-refractivity contribution in [2.75, 3.05) is 19.8 Å². The molecular formula is C19H39NO. The van der Waals surface area contributed by atoms with Gasteiger partial charge in [0.2, 0.25) is 0 Å². The zero-order chi connectivity index (χ0) is 15.2. The second-order valence-electron chi connectivity index (χ2n) is 6.80. The Morgan fingerprint density at radius 2 is 1.57 bits per heavy atom. The van der Waals surface area contributed by atoms with Gasteiger partial charge in [0.15, 0.2) is 0 Å². The number of nitrogens with one attached hydrogen (secondary N) is 1. The predicted octanol–water partition coefficient (Wildman–Crippen LogP) is 5.31. The molecule has 1 rings (SSSR count). The van der Waals surface area contributed by atoms with Gasteiger partial charge in [-0.25, -0.2) is 0 Å². The lowest BCUT2D eigenvalue weighted by molar-refractivity contribution is 0.174. The summed E-state index contributed by atoms with van der Waals surface area (Å²) in [6, 6.07) is 0.706. The molecule has 0 aromatic rings. The summed E-state index contributed by atoms with van der Waals surface area (Å²) in [5, 5.41) is 3.76. The molecule has 2 heteroatoms. The fourth-order valence-corrected chi connectivity index (χ4v) is 3.38. The molecule has 1 saturated heterocycles. The van der Waals surface area contributed by atoms with Crippen LogP contribution in [0, 0.1) is 5.92 Å². The summed E-state index contributed by atoms with van der Waals surface area (Å²) in [4.78, 5) is 0. The van der Waals surface area contributed by atoms with Crippen LogP contribution in [0.2, 0.25) is 0 Å². The van der Waals surface area contributed by atoms with Gasteiger partial charge in [0.05, 0.1) is 6.61 Å². The number of rotatable bonds is 14. The molecule has 0 radical (unpaired) electrons. The Kier molecular flexibility index (Phi) is 12.3. The number of hydrogen-bond acceptors (Lipinski definition) is 2. The lowest BCUT2D eigenvalue weighted by Gasteiger charge is -2.23. The first-order chi connectivity index (χ1) is 10.4. The molecule has 0 bridgehead atoms. The zero-order valence-corrected chi connectivity index (χ0v) is 14.7. The molecule has 2 nitrogen and oxygen atoms in total. The van der Waals surface area contributed by atoms with Gasteiger partial charge in [-0.15, -0.1) is 0 Å². The molecule has 1 aliphatic rings. The zero-order valence-electron chi connectivity index (χ0n) is 14.7. The molecule has 0 amide bonds. The minimum atomic E-state index is 0.706. The van der Waals surface area contributed by atoms with Crippen LogP contribution in [-0.2, 0) is 4.74 Å². The molecule has 1 N–H and O–H groups in total. The van der Waals surface area contributed by atoms with Crippen LogP contribution >= 0.6 is 0 Å². The van der Waals surface area contributed by atoms with E-state index in [1.807, 2.05) is 0 Å². The molecule has 0 saturated carbocycles. The SMILES string of the molecule is CCCCCCCCCCCC(NCCC)C1CCOC1. The van der Waals surface area contributed by atoms with Gasteiger partial charge in [0, 0.05) is 12.6 Å². The van der Waals surface area contributed by atoms with Crippen molar-refractivity contribution in [3.8, 4) is 0 Å². The lowest BCUT2D eigenvalue weighted by Crippen LogP contribution is -2.37. The minimum Gasteiger partial charge on any atom is -0.381 e. The van der Waals surface area contributed by atoms with E-state index < -0.39 is 0 Å². The summed E-state index contributed by atoms with van der Waals surface area (Å²) in [5.74, 6) is 0.769. The van der Waals surface area contributed by atoms with Crippen molar-refractivity contribution >= 4 is 0 Å². The average Bonchev–Trinajstić information content (AvgIpc) is 3.02. The van der Waals surface area contributed by atoms with Crippen molar-refractivity contribution in [1.29, 1.82) is 0 Å². The van der Waals surface area contributed by atoms with Gasteiger partial charge in [0.1, 0.15) is 0 Å². The first-order valence-corrected chi connectivity index (χ1v) is 9.69. The quantitative estimate of drug-likeness (QED) is 0.439. The standard InChI is InChI=1S/C19H39NO/c1-3-5-6-7-8-9-10-11-12-13-19(20-15-4-2)18-14-16-21-17-18/h18-20H,3-17H2,1-2H3. The Balaban J connectivity index is 1.99. The van der Waals surface area contributed by atoms with E-state index in [1.54, 1.807) is 0 Å². The molecular weight excluding hydrogens is 258 g/mol. The van der Waals surface area contributed by atoms with Crippen molar-refractivity contribution in [2.24, 2.45) is 5.92 Å². The molecule has 0 aliphatic carbocycles. The first kappa shape index (κ1) is 19.0. The molecule has 126 valence electrons. The first-order valence-electron chi connectivity index (χ1n) is 9.69. The van der Waals surface area contributed by atoms with Gasteiger partial charge >= 0.3 is 0 Å². The summed E-state index contributed by atoms with van der Waals surface area (Å²) < 4.78 is 5.57. The van der Waals surface area contributed by atoms with E-state index in [0.29, 0.717) is 6.04 Å². The van der Waals surface area contributed by atoms with Crippen molar-refractivity contribution < 1.29 is 4.74 Å². The van der Waals surface area contributed by atoms with Crippen LogP contribution in [0.4, 0.5) is 0 Å². The van der Waals surface area contributed by atoms with Crippen LogP contribution in [0.15, 0.2) is 0 Å². The van der Waals surface area contributed by atoms with Crippen LogP contribution in [0.3, 0.4) is 0 Å². The van der Waals surface area contributed by atoms with E-state index in [2.05, 4.69) is 19.2 Å². The third-order valence-electron chi connectivity index (χ3n) is 4.81. The van der Waals surface area contributed by atoms with Gasteiger partial charge in [-0.2, -0.15) is 0 Å². The van der Waals surface area contributed by atoms with Crippen molar-refractivity contribution in [2.45, 2.75) is 96.9 Å². The summed E-state index contributed by atoms with van der Waals surface area (Å²) in [6.45, 7) is 7.68. The Hall–Kier alpha value is -0.0800. The highest BCUT2D eigenvalue weighted by Crippen LogP contribution is 2.21. The monoisotopic (exact) mass is 297 g/mol. The molecule has 2 unspecified atom stereocenters. The van der Waals surface area contributed by atoms with Gasteiger partial charge in [-0.05, 0) is 31.7 Å². The molecule has 1 aliphatic heterocycles. The maximum Gasteiger partial charge on any atom is 0.0510 e. The van der Waals surface area contributed by atoms with Crippen LogP contribution in [0.1, 0.15) is 90.9 Å². The number of unbranched alkanes of at least 4 members (excludes halogenated alkanes) is 8. The topological polar surface area (TPSA) is 21.3 Å². The van der Waals surface area contributed by atoms with Crippen molar-refractivity contribution in [1.82, 2.24) is 5.32 Å². The highest BCUT2D eigenvalue weighted by atomic mass is 16.5. The van der Waals surface area contributed by atoms with Crippen LogP contribution in [-0.4, -0.2) is 25.8 Å². The average molecular weight is 298 g/mol. The summed E-state index contributed by atoms with van der Waals surface area (Å²) in [5.41, 5.74) is 0. The molecule has 0 aromatic carbocycles. The van der Waals surface area contributed by atoms with Crippen molar-refractivity contribution in [3.63, 3.8) is 0 Å². The van der Waals surface area contributed by atoms with E-state index in [4.69, 9.17) is 4.74 Å². The summed E-state index contributed by atoms with van der Waals surface area (Å²) in [6.07, 6.45) is 16.7. The second kappa shape index (κ2) is 13.6. The highest BCUT2D eigenvalue weighted by molar-refractivity contribution is 4.79. The normalized spacial score (nSPS) is 20.0. The fourth-order valence-electron chi connectivity index (χ4n) is 3.38. The molecule has 0 aromatic heterocycles. The third-order valence-corrected chi connectivity index (χ3v) is 4.81. The minimum absolute atomic E-state index is 0.706. The molecule has 0 spiro atoms. The van der Waals surface area contributed by atoms with E-state index in [1.165, 1.54) is 83.6 Å². The van der Waals surface area contributed by atoms with E-state index in [0.717, 1.165) is 19.1 Å².